The Hall–Kier alpha value is -1.81. The first-order valence-corrected chi connectivity index (χ1v) is 10.4. The molecule has 1 amide bonds. The van der Waals surface area contributed by atoms with Gasteiger partial charge < -0.3 is 9.26 Å². The molecule has 0 bridgehead atoms. The van der Waals surface area contributed by atoms with Crippen molar-refractivity contribution < 1.29 is 14.1 Å². The van der Waals surface area contributed by atoms with Gasteiger partial charge >= 0.3 is 0 Å². The summed E-state index contributed by atoms with van der Waals surface area (Å²) in [5.74, 6) is 0.00871. The van der Waals surface area contributed by atoms with Crippen LogP contribution < -0.4 is 4.90 Å². The first-order chi connectivity index (χ1) is 13.2. The van der Waals surface area contributed by atoms with Crippen molar-refractivity contribution in [3.05, 3.63) is 40.7 Å². The monoisotopic (exact) mass is 450 g/mol. The normalized spacial score (nSPS) is 15.3. The van der Waals surface area contributed by atoms with E-state index in [0.717, 1.165) is 54.0 Å². The fourth-order valence-electron chi connectivity index (χ4n) is 3.02. The third-order valence-corrected chi connectivity index (χ3v) is 5.96. The molecule has 0 saturated carbocycles. The highest BCUT2D eigenvalue weighted by molar-refractivity contribution is 9.10. The molecule has 142 valence electrons. The molecule has 1 aliphatic heterocycles. The first-order valence-electron chi connectivity index (χ1n) is 8.79. The predicted molar refractivity (Wildman–Crippen MR) is 107 cm³/mol. The number of hydrogen-bond acceptors (Lipinski definition) is 7. The highest BCUT2D eigenvalue weighted by Gasteiger charge is 2.24. The fraction of sp³-hybridized carbons (Fsp3) is 0.389. The minimum atomic E-state index is -0.215. The van der Waals surface area contributed by atoms with Gasteiger partial charge in [0, 0.05) is 36.7 Å². The van der Waals surface area contributed by atoms with E-state index in [1.54, 1.807) is 11.0 Å². The molecule has 4 rings (SSSR count). The molecule has 0 atom stereocenters. The standard InChI is InChI=1S/C18H19BrN4O3S/c19-13-2-3-14-16(12-13)27-18(21-14)23(17(24)15-4-5-20-26-15)7-1-6-22-8-10-25-11-9-22/h2-5,12H,1,6-11H2. The lowest BCUT2D eigenvalue weighted by Gasteiger charge is -2.27. The zero-order chi connectivity index (χ0) is 18.6. The van der Waals surface area contributed by atoms with Gasteiger partial charge in [0.25, 0.3) is 5.91 Å². The van der Waals surface area contributed by atoms with Gasteiger partial charge in [-0.1, -0.05) is 32.4 Å². The average Bonchev–Trinajstić information content (AvgIpc) is 3.35. The zero-order valence-electron chi connectivity index (χ0n) is 14.6. The van der Waals surface area contributed by atoms with E-state index in [-0.39, 0.29) is 11.7 Å². The van der Waals surface area contributed by atoms with Gasteiger partial charge in [0.15, 0.2) is 5.13 Å². The predicted octanol–water partition coefficient (Wildman–Crippen LogP) is 3.42. The maximum atomic E-state index is 12.9. The summed E-state index contributed by atoms with van der Waals surface area (Å²) in [5, 5.41) is 4.33. The molecule has 3 aromatic rings. The molecule has 7 nitrogen and oxygen atoms in total. The van der Waals surface area contributed by atoms with Crippen LogP contribution in [0.25, 0.3) is 10.2 Å². The van der Waals surface area contributed by atoms with E-state index in [0.29, 0.717) is 11.7 Å². The van der Waals surface area contributed by atoms with E-state index in [9.17, 15) is 4.79 Å². The molecule has 1 saturated heterocycles. The van der Waals surface area contributed by atoms with Crippen molar-refractivity contribution in [2.45, 2.75) is 6.42 Å². The van der Waals surface area contributed by atoms with Gasteiger partial charge in [-0.3, -0.25) is 14.6 Å². The lowest BCUT2D eigenvalue weighted by molar-refractivity contribution is 0.0376. The molecule has 0 aliphatic carbocycles. The number of ether oxygens (including phenoxy) is 1. The molecular formula is C18H19BrN4O3S. The van der Waals surface area contributed by atoms with E-state index in [1.165, 1.54) is 17.5 Å². The minimum Gasteiger partial charge on any atom is -0.379 e. The van der Waals surface area contributed by atoms with Crippen LogP contribution >= 0.6 is 27.3 Å². The van der Waals surface area contributed by atoms with Crippen molar-refractivity contribution in [3.8, 4) is 0 Å². The minimum absolute atomic E-state index is 0.215. The van der Waals surface area contributed by atoms with Crippen LogP contribution in [0.3, 0.4) is 0 Å². The molecule has 1 aliphatic rings. The highest BCUT2D eigenvalue weighted by atomic mass is 79.9. The Morgan fingerprint density at radius 2 is 2.15 bits per heavy atom. The Kier molecular flexibility index (Phi) is 5.82. The molecule has 1 fully saturated rings. The van der Waals surface area contributed by atoms with Crippen LogP contribution in [0.2, 0.25) is 0 Å². The lowest BCUT2D eigenvalue weighted by atomic mass is 10.3. The summed E-state index contributed by atoms with van der Waals surface area (Å²) in [5.41, 5.74) is 0.877. The van der Waals surface area contributed by atoms with Gasteiger partial charge in [-0.05, 0) is 24.6 Å². The highest BCUT2D eigenvalue weighted by Crippen LogP contribution is 2.31. The maximum absolute atomic E-state index is 12.9. The van der Waals surface area contributed by atoms with E-state index >= 15 is 0 Å². The number of morpholine rings is 1. The van der Waals surface area contributed by atoms with Crippen molar-refractivity contribution >= 4 is 48.5 Å². The van der Waals surface area contributed by atoms with E-state index in [1.807, 2.05) is 18.2 Å². The lowest BCUT2D eigenvalue weighted by Crippen LogP contribution is -2.39. The Balaban J connectivity index is 1.53. The third-order valence-electron chi connectivity index (χ3n) is 4.42. The quantitative estimate of drug-likeness (QED) is 0.572. The van der Waals surface area contributed by atoms with E-state index in [2.05, 4.69) is 31.0 Å². The second-order valence-corrected chi connectivity index (χ2v) is 8.17. The molecule has 27 heavy (non-hydrogen) atoms. The van der Waals surface area contributed by atoms with Crippen molar-refractivity contribution in [3.63, 3.8) is 0 Å². The van der Waals surface area contributed by atoms with Gasteiger partial charge in [0.05, 0.1) is 29.6 Å². The number of rotatable bonds is 6. The molecule has 1 aromatic carbocycles. The molecular weight excluding hydrogens is 432 g/mol. The SMILES string of the molecule is O=C(c1ccno1)N(CCCN1CCOCC1)c1nc2ccc(Br)cc2s1. The van der Waals surface area contributed by atoms with Gasteiger partial charge in [0.2, 0.25) is 5.76 Å². The third kappa shape index (κ3) is 4.37. The van der Waals surface area contributed by atoms with Crippen LogP contribution in [0.15, 0.2) is 39.5 Å². The molecule has 0 radical (unpaired) electrons. The van der Waals surface area contributed by atoms with Crippen molar-refractivity contribution in [2.75, 3.05) is 44.3 Å². The number of aromatic nitrogens is 2. The molecule has 0 unspecified atom stereocenters. The summed E-state index contributed by atoms with van der Waals surface area (Å²) in [6, 6.07) is 7.50. The number of nitrogens with zero attached hydrogens (tertiary/aromatic N) is 4. The molecule has 0 N–H and O–H groups in total. The fourth-order valence-corrected chi connectivity index (χ4v) is 4.56. The Bertz CT molecular complexity index is 909. The number of carbonyl (C=O) groups excluding carboxylic acids is 1. The molecule has 0 spiro atoms. The van der Waals surface area contributed by atoms with E-state index < -0.39 is 0 Å². The molecule has 9 heteroatoms. The van der Waals surface area contributed by atoms with Gasteiger partial charge in [0.1, 0.15) is 0 Å². The number of carbonyl (C=O) groups is 1. The number of fused-ring (bicyclic) bond motifs is 1. The number of anilines is 1. The zero-order valence-corrected chi connectivity index (χ0v) is 17.0. The Morgan fingerprint density at radius 1 is 1.30 bits per heavy atom. The van der Waals surface area contributed by atoms with Crippen LogP contribution in [0, 0.1) is 0 Å². The van der Waals surface area contributed by atoms with Crippen molar-refractivity contribution in [1.29, 1.82) is 0 Å². The largest absolute Gasteiger partial charge is 0.379 e. The number of amides is 1. The summed E-state index contributed by atoms with van der Waals surface area (Å²) in [6.07, 6.45) is 2.33. The summed E-state index contributed by atoms with van der Waals surface area (Å²) >= 11 is 4.98. The van der Waals surface area contributed by atoms with E-state index in [4.69, 9.17) is 9.26 Å². The van der Waals surface area contributed by atoms with Gasteiger partial charge in [-0.15, -0.1) is 0 Å². The number of benzene rings is 1. The summed E-state index contributed by atoms with van der Waals surface area (Å²) in [6.45, 7) is 4.90. The number of hydrogen-bond donors (Lipinski definition) is 0. The van der Waals surface area contributed by atoms with Crippen LogP contribution in [-0.4, -0.2) is 60.3 Å². The van der Waals surface area contributed by atoms with Gasteiger partial charge in [-0.2, -0.15) is 0 Å². The van der Waals surface area contributed by atoms with Crippen molar-refractivity contribution in [2.24, 2.45) is 0 Å². The number of halogens is 1. The topological polar surface area (TPSA) is 71.7 Å². The van der Waals surface area contributed by atoms with Crippen LogP contribution in [-0.2, 0) is 4.74 Å². The van der Waals surface area contributed by atoms with Crippen LogP contribution in [0.5, 0.6) is 0 Å². The van der Waals surface area contributed by atoms with Crippen LogP contribution in [0.4, 0.5) is 5.13 Å². The van der Waals surface area contributed by atoms with Crippen molar-refractivity contribution in [1.82, 2.24) is 15.0 Å². The summed E-state index contributed by atoms with van der Waals surface area (Å²) < 4.78 is 12.5. The molecule has 2 aromatic heterocycles. The number of thiazole rings is 1. The second kappa shape index (κ2) is 8.47. The smallest absolute Gasteiger partial charge is 0.298 e. The molecule has 3 heterocycles. The van der Waals surface area contributed by atoms with Gasteiger partial charge in [-0.25, -0.2) is 4.98 Å². The second-order valence-electron chi connectivity index (χ2n) is 6.25. The summed E-state index contributed by atoms with van der Waals surface area (Å²) in [4.78, 5) is 21.7. The average molecular weight is 451 g/mol. The Morgan fingerprint density at radius 3 is 2.93 bits per heavy atom. The summed E-state index contributed by atoms with van der Waals surface area (Å²) in [7, 11) is 0. The first kappa shape index (κ1) is 18.5. The maximum Gasteiger partial charge on any atom is 0.298 e. The van der Waals surface area contributed by atoms with Crippen LogP contribution in [0.1, 0.15) is 17.0 Å². The Labute approximate surface area is 169 Å².